The van der Waals surface area contributed by atoms with Crippen LogP contribution in [-0.4, -0.2) is 17.1 Å². The van der Waals surface area contributed by atoms with Crippen molar-refractivity contribution in [1.82, 2.24) is 0 Å². The van der Waals surface area contributed by atoms with Gasteiger partial charge in [-0.1, -0.05) is 0 Å². The lowest BCUT2D eigenvalue weighted by Crippen LogP contribution is -2.12. The fourth-order valence-electron chi connectivity index (χ4n) is 1.69. The van der Waals surface area contributed by atoms with E-state index in [0.29, 0.717) is 36.2 Å². The smallest absolute Gasteiger partial charge is 0.167 e. The highest BCUT2D eigenvalue weighted by Gasteiger charge is 2.18. The van der Waals surface area contributed by atoms with Gasteiger partial charge in [-0.15, -0.1) is 0 Å². The standard InChI is InChI=1S/C13H14N2O2/c14-9-4-6-10(7-5-9)15-8-11-12(16)2-1-3-13(11)17/h4-8,16H,1-3,14H2. The van der Waals surface area contributed by atoms with Crippen LogP contribution in [0.3, 0.4) is 0 Å². The quantitative estimate of drug-likeness (QED) is 0.605. The van der Waals surface area contributed by atoms with Crippen molar-refractivity contribution < 1.29 is 9.90 Å². The van der Waals surface area contributed by atoms with E-state index in [0.717, 1.165) is 0 Å². The van der Waals surface area contributed by atoms with Gasteiger partial charge in [0.25, 0.3) is 0 Å². The summed E-state index contributed by atoms with van der Waals surface area (Å²) < 4.78 is 0. The minimum Gasteiger partial charge on any atom is -0.512 e. The molecule has 0 amide bonds. The third-order valence-electron chi connectivity index (χ3n) is 2.66. The van der Waals surface area contributed by atoms with E-state index in [1.807, 2.05) is 0 Å². The lowest BCUT2D eigenvalue weighted by Gasteiger charge is -2.11. The van der Waals surface area contributed by atoms with Gasteiger partial charge in [0, 0.05) is 24.7 Å². The van der Waals surface area contributed by atoms with Crippen molar-refractivity contribution in [2.24, 2.45) is 4.99 Å². The van der Waals surface area contributed by atoms with E-state index in [1.165, 1.54) is 6.21 Å². The van der Waals surface area contributed by atoms with Crippen LogP contribution in [0.2, 0.25) is 0 Å². The number of anilines is 1. The van der Waals surface area contributed by atoms with Gasteiger partial charge in [-0.05, 0) is 30.7 Å². The molecule has 0 atom stereocenters. The second-order valence-corrected chi connectivity index (χ2v) is 3.99. The predicted molar refractivity (Wildman–Crippen MR) is 67.5 cm³/mol. The molecule has 3 N–H and O–H groups in total. The summed E-state index contributed by atoms with van der Waals surface area (Å²) in [6, 6.07) is 7.00. The predicted octanol–water partition coefficient (Wildman–Crippen LogP) is 2.54. The summed E-state index contributed by atoms with van der Waals surface area (Å²) in [7, 11) is 0. The van der Waals surface area contributed by atoms with Gasteiger partial charge in [-0.25, -0.2) is 0 Å². The van der Waals surface area contributed by atoms with E-state index in [2.05, 4.69) is 4.99 Å². The van der Waals surface area contributed by atoms with Gasteiger partial charge in [0.1, 0.15) is 5.76 Å². The van der Waals surface area contributed by atoms with E-state index < -0.39 is 0 Å². The van der Waals surface area contributed by atoms with E-state index in [9.17, 15) is 9.90 Å². The van der Waals surface area contributed by atoms with Crippen LogP contribution in [-0.2, 0) is 4.79 Å². The van der Waals surface area contributed by atoms with Crippen LogP contribution < -0.4 is 5.73 Å². The summed E-state index contributed by atoms with van der Waals surface area (Å²) in [5.41, 5.74) is 7.25. The Morgan fingerprint density at radius 3 is 2.59 bits per heavy atom. The molecule has 4 heteroatoms. The summed E-state index contributed by atoms with van der Waals surface area (Å²) in [6.45, 7) is 0. The first-order valence-corrected chi connectivity index (χ1v) is 5.52. The number of nitrogens with zero attached hydrogens (tertiary/aromatic N) is 1. The molecule has 1 aliphatic carbocycles. The molecule has 2 rings (SSSR count). The van der Waals surface area contributed by atoms with Crippen molar-refractivity contribution in [2.45, 2.75) is 19.3 Å². The van der Waals surface area contributed by atoms with Crippen LogP contribution >= 0.6 is 0 Å². The number of allylic oxidation sites excluding steroid dienone is 2. The van der Waals surface area contributed by atoms with Crippen molar-refractivity contribution in [3.63, 3.8) is 0 Å². The Bertz CT molecular complexity index is 487. The van der Waals surface area contributed by atoms with E-state index in [-0.39, 0.29) is 11.5 Å². The average molecular weight is 230 g/mol. The molecular formula is C13H14N2O2. The average Bonchev–Trinajstić information content (AvgIpc) is 2.31. The van der Waals surface area contributed by atoms with Crippen molar-refractivity contribution in [3.05, 3.63) is 35.6 Å². The number of aliphatic hydroxyl groups excluding tert-OH is 1. The highest BCUT2D eigenvalue weighted by Crippen LogP contribution is 2.20. The maximum Gasteiger partial charge on any atom is 0.167 e. The topological polar surface area (TPSA) is 75.7 Å². The number of hydrogen-bond donors (Lipinski definition) is 2. The molecule has 0 heterocycles. The number of hydrogen-bond acceptors (Lipinski definition) is 4. The molecule has 0 spiro atoms. The summed E-state index contributed by atoms with van der Waals surface area (Å²) in [6.07, 6.45) is 3.17. The highest BCUT2D eigenvalue weighted by molar-refractivity contribution is 6.14. The molecule has 17 heavy (non-hydrogen) atoms. The van der Waals surface area contributed by atoms with Gasteiger partial charge in [-0.2, -0.15) is 0 Å². The SMILES string of the molecule is Nc1ccc(N=CC2=C(O)CCCC2=O)cc1. The Balaban J connectivity index is 2.20. The molecule has 0 unspecified atom stereocenters. The third kappa shape index (κ3) is 2.72. The summed E-state index contributed by atoms with van der Waals surface area (Å²) in [5, 5.41) is 9.61. The summed E-state index contributed by atoms with van der Waals surface area (Å²) in [4.78, 5) is 15.7. The Hall–Kier alpha value is -2.10. The number of aliphatic imine (C=N–C) groups is 1. The van der Waals surface area contributed by atoms with Crippen LogP contribution in [0.1, 0.15) is 19.3 Å². The van der Waals surface area contributed by atoms with Crippen molar-refractivity contribution >= 4 is 23.4 Å². The van der Waals surface area contributed by atoms with Crippen LogP contribution in [0.15, 0.2) is 40.6 Å². The molecule has 1 aliphatic rings. The molecular weight excluding hydrogens is 216 g/mol. The number of Topliss-reactive ketones (excluding diaryl/α,β-unsaturated/α-hetero) is 1. The van der Waals surface area contributed by atoms with Gasteiger partial charge < -0.3 is 10.8 Å². The third-order valence-corrected chi connectivity index (χ3v) is 2.66. The van der Waals surface area contributed by atoms with Gasteiger partial charge in [0.15, 0.2) is 5.78 Å². The van der Waals surface area contributed by atoms with E-state index in [1.54, 1.807) is 24.3 Å². The maximum absolute atomic E-state index is 11.6. The lowest BCUT2D eigenvalue weighted by atomic mass is 9.97. The van der Waals surface area contributed by atoms with E-state index >= 15 is 0 Å². The molecule has 0 saturated heterocycles. The first-order chi connectivity index (χ1) is 8.16. The number of nitrogen functional groups attached to an aromatic ring is 1. The van der Waals surface area contributed by atoms with Crippen LogP contribution in [0.5, 0.6) is 0 Å². The summed E-state index contributed by atoms with van der Waals surface area (Å²) in [5.74, 6) is 0.0911. The largest absolute Gasteiger partial charge is 0.512 e. The second kappa shape index (κ2) is 4.82. The molecule has 1 aromatic carbocycles. The minimum atomic E-state index is -0.0482. The van der Waals surface area contributed by atoms with Gasteiger partial charge >= 0.3 is 0 Å². The zero-order chi connectivity index (χ0) is 12.3. The van der Waals surface area contributed by atoms with Gasteiger partial charge in [0.2, 0.25) is 0 Å². The van der Waals surface area contributed by atoms with Crippen molar-refractivity contribution in [2.75, 3.05) is 5.73 Å². The molecule has 0 bridgehead atoms. The Kier molecular flexibility index (Phi) is 3.23. The monoisotopic (exact) mass is 230 g/mol. The molecule has 0 aliphatic heterocycles. The number of carbonyl (C=O) groups is 1. The van der Waals surface area contributed by atoms with Crippen LogP contribution in [0.25, 0.3) is 0 Å². The molecule has 0 radical (unpaired) electrons. The number of benzene rings is 1. The second-order valence-electron chi connectivity index (χ2n) is 3.99. The van der Waals surface area contributed by atoms with Gasteiger partial charge in [-0.3, -0.25) is 9.79 Å². The van der Waals surface area contributed by atoms with Crippen LogP contribution in [0.4, 0.5) is 11.4 Å². The van der Waals surface area contributed by atoms with Crippen LogP contribution in [0, 0.1) is 0 Å². The van der Waals surface area contributed by atoms with E-state index in [4.69, 9.17) is 5.73 Å². The maximum atomic E-state index is 11.6. The first kappa shape index (κ1) is 11.4. The molecule has 88 valence electrons. The zero-order valence-electron chi connectivity index (χ0n) is 9.39. The van der Waals surface area contributed by atoms with Crippen molar-refractivity contribution in [3.8, 4) is 0 Å². The summed E-state index contributed by atoms with van der Waals surface area (Å²) >= 11 is 0. The number of ketones is 1. The number of nitrogens with two attached hydrogens (primary N) is 1. The minimum absolute atomic E-state index is 0.0482. The number of aliphatic hydroxyl groups is 1. The van der Waals surface area contributed by atoms with Gasteiger partial charge in [0.05, 0.1) is 11.3 Å². The fraction of sp³-hybridized carbons (Fsp3) is 0.231. The molecule has 0 fully saturated rings. The Morgan fingerprint density at radius 1 is 1.24 bits per heavy atom. The zero-order valence-corrected chi connectivity index (χ0v) is 9.39. The number of rotatable bonds is 2. The normalized spacial score (nSPS) is 16.8. The lowest BCUT2D eigenvalue weighted by molar-refractivity contribution is -0.115. The first-order valence-electron chi connectivity index (χ1n) is 5.52. The molecule has 1 aromatic rings. The fourth-order valence-corrected chi connectivity index (χ4v) is 1.69. The highest BCUT2D eigenvalue weighted by atomic mass is 16.3. The molecule has 4 nitrogen and oxygen atoms in total. The molecule has 0 saturated carbocycles. The Morgan fingerprint density at radius 2 is 1.94 bits per heavy atom. The number of carbonyl (C=O) groups excluding carboxylic acids is 1. The molecule has 0 aromatic heterocycles. The Labute approximate surface area is 99.5 Å². The van der Waals surface area contributed by atoms with Crippen molar-refractivity contribution in [1.29, 1.82) is 0 Å².